The average molecular weight is 298 g/mol. The zero-order chi connectivity index (χ0) is 12.3. The molecule has 1 unspecified atom stereocenters. The summed E-state index contributed by atoms with van der Waals surface area (Å²) in [5.74, 6) is 0. The second kappa shape index (κ2) is 5.51. The summed E-state index contributed by atoms with van der Waals surface area (Å²) in [6.45, 7) is 7.07. The lowest BCUT2D eigenvalue weighted by Gasteiger charge is -2.23. The summed E-state index contributed by atoms with van der Waals surface area (Å²) in [6.07, 6.45) is 2.36. The predicted molar refractivity (Wildman–Crippen MR) is 74.2 cm³/mol. The van der Waals surface area contributed by atoms with E-state index in [1.165, 1.54) is 28.4 Å². The maximum absolute atomic E-state index is 5.75. The number of nitrogens with one attached hydrogen (secondary N) is 1. The van der Waals surface area contributed by atoms with Crippen LogP contribution in [0, 0.1) is 6.92 Å². The molecule has 0 spiro atoms. The van der Waals surface area contributed by atoms with E-state index in [0.717, 1.165) is 19.7 Å². The largest absolute Gasteiger partial charge is 0.374 e. The van der Waals surface area contributed by atoms with Crippen molar-refractivity contribution >= 4 is 15.9 Å². The van der Waals surface area contributed by atoms with Gasteiger partial charge in [-0.2, -0.15) is 0 Å². The molecule has 0 amide bonds. The fraction of sp³-hybridized carbons (Fsp3) is 0.571. The van der Waals surface area contributed by atoms with Crippen molar-refractivity contribution in [2.24, 2.45) is 0 Å². The first kappa shape index (κ1) is 13.1. The molecule has 2 nitrogen and oxygen atoms in total. The first-order valence-electron chi connectivity index (χ1n) is 6.19. The van der Waals surface area contributed by atoms with Crippen LogP contribution in [0.4, 0.5) is 0 Å². The molecule has 0 saturated carbocycles. The van der Waals surface area contributed by atoms with Crippen molar-refractivity contribution in [3.8, 4) is 0 Å². The third kappa shape index (κ3) is 3.54. The van der Waals surface area contributed by atoms with Crippen molar-refractivity contribution in [2.75, 3.05) is 13.2 Å². The lowest BCUT2D eigenvalue weighted by Crippen LogP contribution is -2.36. The maximum Gasteiger partial charge on any atom is 0.0779 e. The SMILES string of the molecule is Cc1cc(CNCC2(C)CCCO2)ccc1Br. The van der Waals surface area contributed by atoms with E-state index in [4.69, 9.17) is 4.74 Å². The van der Waals surface area contributed by atoms with Gasteiger partial charge < -0.3 is 10.1 Å². The number of ether oxygens (including phenoxy) is 1. The summed E-state index contributed by atoms with van der Waals surface area (Å²) in [5, 5.41) is 3.49. The fourth-order valence-electron chi connectivity index (χ4n) is 2.26. The quantitative estimate of drug-likeness (QED) is 0.919. The van der Waals surface area contributed by atoms with E-state index in [9.17, 15) is 0 Å². The Kier molecular flexibility index (Phi) is 4.23. The molecule has 0 bridgehead atoms. The van der Waals surface area contributed by atoms with Gasteiger partial charge in [-0.15, -0.1) is 0 Å². The second-order valence-electron chi connectivity index (χ2n) is 5.09. The highest BCUT2D eigenvalue weighted by Crippen LogP contribution is 2.24. The summed E-state index contributed by atoms with van der Waals surface area (Å²) < 4.78 is 6.92. The number of aryl methyl sites for hydroxylation is 1. The molecule has 17 heavy (non-hydrogen) atoms. The van der Waals surface area contributed by atoms with E-state index in [1.807, 2.05) is 0 Å². The molecule has 1 aromatic rings. The summed E-state index contributed by atoms with van der Waals surface area (Å²) in [5.41, 5.74) is 2.66. The Balaban J connectivity index is 1.83. The minimum atomic E-state index is 0.0460. The van der Waals surface area contributed by atoms with Crippen molar-refractivity contribution in [3.63, 3.8) is 0 Å². The molecule has 0 radical (unpaired) electrons. The average Bonchev–Trinajstić information content (AvgIpc) is 2.71. The summed E-state index contributed by atoms with van der Waals surface area (Å²) in [4.78, 5) is 0. The van der Waals surface area contributed by atoms with Crippen molar-refractivity contribution in [3.05, 3.63) is 33.8 Å². The van der Waals surface area contributed by atoms with Crippen LogP contribution < -0.4 is 5.32 Å². The smallest absolute Gasteiger partial charge is 0.0779 e. The topological polar surface area (TPSA) is 21.3 Å². The number of halogens is 1. The first-order valence-corrected chi connectivity index (χ1v) is 6.98. The highest BCUT2D eigenvalue weighted by molar-refractivity contribution is 9.10. The first-order chi connectivity index (χ1) is 8.09. The van der Waals surface area contributed by atoms with E-state index in [2.05, 4.69) is 53.3 Å². The van der Waals surface area contributed by atoms with Crippen LogP contribution in [0.3, 0.4) is 0 Å². The van der Waals surface area contributed by atoms with Crippen LogP contribution in [0.2, 0.25) is 0 Å². The van der Waals surface area contributed by atoms with Gasteiger partial charge in [0.25, 0.3) is 0 Å². The Morgan fingerprint density at radius 3 is 2.94 bits per heavy atom. The van der Waals surface area contributed by atoms with E-state index in [0.29, 0.717) is 0 Å². The Morgan fingerprint density at radius 2 is 2.29 bits per heavy atom. The lowest BCUT2D eigenvalue weighted by molar-refractivity contribution is 0.0207. The third-order valence-electron chi connectivity index (χ3n) is 3.35. The zero-order valence-electron chi connectivity index (χ0n) is 10.6. The van der Waals surface area contributed by atoms with Crippen LogP contribution in [0.1, 0.15) is 30.9 Å². The van der Waals surface area contributed by atoms with Gasteiger partial charge in [0.05, 0.1) is 5.60 Å². The van der Waals surface area contributed by atoms with Gasteiger partial charge in [-0.05, 0) is 43.9 Å². The molecule has 1 saturated heterocycles. The molecule has 94 valence electrons. The van der Waals surface area contributed by atoms with E-state index in [1.54, 1.807) is 0 Å². The molecule has 1 heterocycles. The van der Waals surface area contributed by atoms with Crippen LogP contribution in [0.5, 0.6) is 0 Å². The standard InChI is InChI=1S/C14H20BrNO/c1-11-8-12(4-5-13(11)15)9-16-10-14(2)6-3-7-17-14/h4-5,8,16H,3,6-7,9-10H2,1-2H3. The molecule has 1 atom stereocenters. The van der Waals surface area contributed by atoms with Crippen molar-refractivity contribution < 1.29 is 4.74 Å². The molecule has 2 rings (SSSR count). The molecule has 0 aliphatic carbocycles. The van der Waals surface area contributed by atoms with E-state index >= 15 is 0 Å². The molecule has 1 fully saturated rings. The van der Waals surface area contributed by atoms with Crippen LogP contribution in [-0.2, 0) is 11.3 Å². The summed E-state index contributed by atoms with van der Waals surface area (Å²) in [7, 11) is 0. The van der Waals surface area contributed by atoms with Crippen molar-refractivity contribution in [1.29, 1.82) is 0 Å². The Hall–Kier alpha value is -0.380. The zero-order valence-corrected chi connectivity index (χ0v) is 12.1. The summed E-state index contributed by atoms with van der Waals surface area (Å²) >= 11 is 3.52. The van der Waals surface area contributed by atoms with Gasteiger partial charge in [-0.25, -0.2) is 0 Å². The van der Waals surface area contributed by atoms with Gasteiger partial charge in [0.2, 0.25) is 0 Å². The number of hydrogen-bond donors (Lipinski definition) is 1. The minimum absolute atomic E-state index is 0.0460. The number of hydrogen-bond acceptors (Lipinski definition) is 2. The van der Waals surface area contributed by atoms with Crippen LogP contribution in [-0.4, -0.2) is 18.8 Å². The maximum atomic E-state index is 5.75. The highest BCUT2D eigenvalue weighted by Gasteiger charge is 2.28. The minimum Gasteiger partial charge on any atom is -0.374 e. The Labute approximate surface area is 112 Å². The molecule has 1 aliphatic heterocycles. The van der Waals surface area contributed by atoms with E-state index in [-0.39, 0.29) is 5.60 Å². The van der Waals surface area contributed by atoms with Crippen molar-refractivity contribution in [2.45, 2.75) is 38.8 Å². The van der Waals surface area contributed by atoms with E-state index < -0.39 is 0 Å². The molecule has 0 aromatic heterocycles. The second-order valence-corrected chi connectivity index (χ2v) is 5.94. The summed E-state index contributed by atoms with van der Waals surface area (Å²) in [6, 6.07) is 6.48. The molecule has 1 aliphatic rings. The molecular weight excluding hydrogens is 278 g/mol. The lowest BCUT2D eigenvalue weighted by atomic mass is 10.0. The molecular formula is C14H20BrNO. The van der Waals surface area contributed by atoms with Gasteiger partial charge in [-0.3, -0.25) is 0 Å². The monoisotopic (exact) mass is 297 g/mol. The Morgan fingerprint density at radius 1 is 1.47 bits per heavy atom. The fourth-order valence-corrected chi connectivity index (χ4v) is 2.51. The van der Waals surface area contributed by atoms with Gasteiger partial charge >= 0.3 is 0 Å². The van der Waals surface area contributed by atoms with Gasteiger partial charge in [0, 0.05) is 24.2 Å². The molecule has 3 heteroatoms. The van der Waals surface area contributed by atoms with Crippen LogP contribution in [0.25, 0.3) is 0 Å². The van der Waals surface area contributed by atoms with Crippen LogP contribution >= 0.6 is 15.9 Å². The van der Waals surface area contributed by atoms with Gasteiger partial charge in [0.1, 0.15) is 0 Å². The van der Waals surface area contributed by atoms with Gasteiger partial charge in [-0.1, -0.05) is 28.1 Å². The highest BCUT2D eigenvalue weighted by atomic mass is 79.9. The van der Waals surface area contributed by atoms with Crippen molar-refractivity contribution in [1.82, 2.24) is 5.32 Å². The normalized spacial score (nSPS) is 24.2. The predicted octanol–water partition coefficient (Wildman–Crippen LogP) is 3.42. The van der Waals surface area contributed by atoms with Gasteiger partial charge in [0.15, 0.2) is 0 Å². The molecule has 1 aromatic carbocycles. The Bertz CT molecular complexity index is 386. The van der Waals surface area contributed by atoms with Crippen LogP contribution in [0.15, 0.2) is 22.7 Å². The molecule has 1 N–H and O–H groups in total. The number of benzene rings is 1. The number of rotatable bonds is 4. The third-order valence-corrected chi connectivity index (χ3v) is 4.24.